The third-order valence-corrected chi connectivity index (χ3v) is 4.83. The quantitative estimate of drug-likeness (QED) is 0.561. The molecule has 1 unspecified atom stereocenters. The van der Waals surface area contributed by atoms with Gasteiger partial charge in [0.1, 0.15) is 0 Å². The van der Waals surface area contributed by atoms with Gasteiger partial charge in [0.15, 0.2) is 0 Å². The zero-order chi connectivity index (χ0) is 14.7. The Balaban J connectivity index is 1.94. The molecule has 21 heavy (non-hydrogen) atoms. The van der Waals surface area contributed by atoms with Crippen LogP contribution in [0.4, 0.5) is 0 Å². The maximum Gasteiger partial charge on any atom is 0.0935 e. The van der Waals surface area contributed by atoms with E-state index in [-0.39, 0.29) is 6.04 Å². The third kappa shape index (κ3) is 2.95. The molecule has 0 saturated heterocycles. The Labute approximate surface area is 128 Å². The predicted molar refractivity (Wildman–Crippen MR) is 87.0 cm³/mol. The van der Waals surface area contributed by atoms with Crippen LogP contribution in [0.5, 0.6) is 0 Å². The smallest absolute Gasteiger partial charge is 0.0935 e. The average molecular weight is 298 g/mol. The summed E-state index contributed by atoms with van der Waals surface area (Å²) in [5.41, 5.74) is 5.83. The minimum absolute atomic E-state index is 0.0359. The second kappa shape index (κ2) is 6.30. The number of fused-ring (bicyclic) bond motifs is 1. The summed E-state index contributed by atoms with van der Waals surface area (Å²) in [5.74, 6) is 5.79. The monoisotopic (exact) mass is 298 g/mol. The van der Waals surface area contributed by atoms with Crippen molar-refractivity contribution in [3.63, 3.8) is 0 Å². The summed E-state index contributed by atoms with van der Waals surface area (Å²) in [7, 11) is 0. The SMILES string of the molecule is CCc1ccc(CC(NN)c2cccc3nccnc23)s1. The van der Waals surface area contributed by atoms with E-state index in [1.807, 2.05) is 23.5 Å². The van der Waals surface area contributed by atoms with E-state index in [0.717, 1.165) is 29.4 Å². The van der Waals surface area contributed by atoms with Gasteiger partial charge in [0, 0.05) is 28.6 Å². The molecule has 0 fully saturated rings. The van der Waals surface area contributed by atoms with Crippen molar-refractivity contribution in [2.75, 3.05) is 0 Å². The van der Waals surface area contributed by atoms with E-state index in [0.29, 0.717) is 0 Å². The van der Waals surface area contributed by atoms with Gasteiger partial charge < -0.3 is 0 Å². The Bertz CT molecular complexity index is 732. The first-order valence-corrected chi connectivity index (χ1v) is 7.86. The van der Waals surface area contributed by atoms with Gasteiger partial charge in [-0.3, -0.25) is 21.2 Å². The van der Waals surface area contributed by atoms with Gasteiger partial charge >= 0.3 is 0 Å². The summed E-state index contributed by atoms with van der Waals surface area (Å²) in [4.78, 5) is 11.5. The Hall–Kier alpha value is -1.82. The maximum absolute atomic E-state index is 5.79. The predicted octanol–water partition coefficient (Wildman–Crippen LogP) is 3.00. The molecule has 4 nitrogen and oxygen atoms in total. The summed E-state index contributed by atoms with van der Waals surface area (Å²) in [5, 5.41) is 0. The lowest BCUT2D eigenvalue weighted by atomic mass is 10.0. The number of para-hydroxylation sites is 1. The fourth-order valence-electron chi connectivity index (χ4n) is 2.48. The molecular weight excluding hydrogens is 280 g/mol. The van der Waals surface area contributed by atoms with Crippen molar-refractivity contribution in [1.29, 1.82) is 0 Å². The van der Waals surface area contributed by atoms with Crippen LogP contribution in [-0.2, 0) is 12.8 Å². The number of aryl methyl sites for hydroxylation is 1. The molecule has 0 radical (unpaired) electrons. The van der Waals surface area contributed by atoms with Crippen LogP contribution in [0, 0.1) is 0 Å². The summed E-state index contributed by atoms with van der Waals surface area (Å²) < 4.78 is 0. The number of benzene rings is 1. The van der Waals surface area contributed by atoms with Crippen LogP contribution in [-0.4, -0.2) is 9.97 Å². The number of nitrogens with one attached hydrogen (secondary N) is 1. The molecule has 0 saturated carbocycles. The van der Waals surface area contributed by atoms with Gasteiger partial charge in [-0.05, 0) is 30.2 Å². The highest BCUT2D eigenvalue weighted by molar-refractivity contribution is 7.11. The van der Waals surface area contributed by atoms with E-state index in [2.05, 4.69) is 40.5 Å². The van der Waals surface area contributed by atoms with Gasteiger partial charge in [-0.25, -0.2) is 0 Å². The van der Waals surface area contributed by atoms with Crippen LogP contribution in [0.25, 0.3) is 11.0 Å². The molecule has 0 spiro atoms. The Morgan fingerprint density at radius 3 is 2.71 bits per heavy atom. The molecule has 5 heteroatoms. The van der Waals surface area contributed by atoms with Gasteiger partial charge in [0.05, 0.1) is 17.1 Å². The second-order valence-electron chi connectivity index (χ2n) is 4.92. The first-order chi connectivity index (χ1) is 10.3. The van der Waals surface area contributed by atoms with Crippen LogP contribution < -0.4 is 11.3 Å². The van der Waals surface area contributed by atoms with Crippen molar-refractivity contribution in [3.8, 4) is 0 Å². The molecule has 0 amide bonds. The lowest BCUT2D eigenvalue weighted by molar-refractivity contribution is 0.558. The van der Waals surface area contributed by atoms with Crippen molar-refractivity contribution < 1.29 is 0 Å². The van der Waals surface area contributed by atoms with Crippen LogP contribution in [0.3, 0.4) is 0 Å². The van der Waals surface area contributed by atoms with E-state index in [9.17, 15) is 0 Å². The highest BCUT2D eigenvalue weighted by Crippen LogP contribution is 2.27. The molecule has 0 aliphatic heterocycles. The number of hydrazine groups is 1. The topological polar surface area (TPSA) is 63.8 Å². The molecule has 3 N–H and O–H groups in total. The lowest BCUT2D eigenvalue weighted by Crippen LogP contribution is -2.29. The number of hydrogen-bond donors (Lipinski definition) is 2. The normalized spacial score (nSPS) is 12.7. The van der Waals surface area contributed by atoms with E-state index in [4.69, 9.17) is 5.84 Å². The zero-order valence-electron chi connectivity index (χ0n) is 11.9. The third-order valence-electron chi connectivity index (χ3n) is 3.58. The van der Waals surface area contributed by atoms with Gasteiger partial charge in [-0.15, -0.1) is 11.3 Å². The number of nitrogens with two attached hydrogens (primary N) is 1. The first kappa shape index (κ1) is 14.1. The van der Waals surface area contributed by atoms with Gasteiger partial charge in [-0.1, -0.05) is 19.1 Å². The standard InChI is InChI=1S/C16H18N4S/c1-2-11-6-7-12(21-11)10-15(20-17)13-4-3-5-14-16(13)19-9-8-18-14/h3-9,15,20H,2,10,17H2,1H3. The van der Waals surface area contributed by atoms with Crippen LogP contribution >= 0.6 is 11.3 Å². The van der Waals surface area contributed by atoms with Crippen molar-refractivity contribution in [2.45, 2.75) is 25.8 Å². The molecule has 3 rings (SSSR count). The molecule has 0 aliphatic rings. The molecule has 108 valence electrons. The Morgan fingerprint density at radius 2 is 1.95 bits per heavy atom. The fraction of sp³-hybridized carbons (Fsp3) is 0.250. The summed E-state index contributed by atoms with van der Waals surface area (Å²) in [6.45, 7) is 2.18. The van der Waals surface area contributed by atoms with Gasteiger partial charge in [-0.2, -0.15) is 0 Å². The van der Waals surface area contributed by atoms with Crippen molar-refractivity contribution in [1.82, 2.24) is 15.4 Å². The van der Waals surface area contributed by atoms with E-state index >= 15 is 0 Å². The van der Waals surface area contributed by atoms with Gasteiger partial charge in [0.2, 0.25) is 0 Å². The average Bonchev–Trinajstić information content (AvgIpc) is 3.00. The maximum atomic E-state index is 5.79. The molecule has 0 aliphatic carbocycles. The minimum Gasteiger partial charge on any atom is -0.271 e. The number of rotatable bonds is 5. The lowest BCUT2D eigenvalue weighted by Gasteiger charge is -2.16. The van der Waals surface area contributed by atoms with Crippen LogP contribution in [0.2, 0.25) is 0 Å². The number of aromatic nitrogens is 2. The van der Waals surface area contributed by atoms with E-state index < -0.39 is 0 Å². The van der Waals surface area contributed by atoms with Crippen molar-refractivity contribution in [2.24, 2.45) is 5.84 Å². The fourth-order valence-corrected chi connectivity index (χ4v) is 3.48. The molecule has 0 bridgehead atoms. The summed E-state index contributed by atoms with van der Waals surface area (Å²) in [6.07, 6.45) is 5.37. The Morgan fingerprint density at radius 1 is 1.14 bits per heavy atom. The molecular formula is C16H18N4S. The largest absolute Gasteiger partial charge is 0.271 e. The van der Waals surface area contributed by atoms with Gasteiger partial charge in [0.25, 0.3) is 0 Å². The summed E-state index contributed by atoms with van der Waals surface area (Å²) in [6, 6.07) is 10.5. The highest BCUT2D eigenvalue weighted by Gasteiger charge is 2.15. The summed E-state index contributed by atoms with van der Waals surface area (Å²) >= 11 is 1.85. The van der Waals surface area contributed by atoms with Crippen molar-refractivity contribution in [3.05, 3.63) is 58.0 Å². The number of nitrogens with zero attached hydrogens (tertiary/aromatic N) is 2. The van der Waals surface area contributed by atoms with E-state index in [1.54, 1.807) is 12.4 Å². The number of hydrogen-bond acceptors (Lipinski definition) is 5. The minimum atomic E-state index is 0.0359. The molecule has 2 heterocycles. The zero-order valence-corrected chi connectivity index (χ0v) is 12.7. The molecule has 3 aromatic rings. The Kier molecular flexibility index (Phi) is 4.24. The van der Waals surface area contributed by atoms with Crippen molar-refractivity contribution >= 4 is 22.4 Å². The highest BCUT2D eigenvalue weighted by atomic mass is 32.1. The molecule has 1 atom stereocenters. The second-order valence-corrected chi connectivity index (χ2v) is 6.17. The van der Waals surface area contributed by atoms with E-state index in [1.165, 1.54) is 9.75 Å². The molecule has 1 aromatic carbocycles. The van der Waals surface area contributed by atoms with Crippen LogP contribution in [0.15, 0.2) is 42.7 Å². The molecule has 2 aromatic heterocycles. The first-order valence-electron chi connectivity index (χ1n) is 7.05. The number of thiophene rings is 1. The van der Waals surface area contributed by atoms with Crippen LogP contribution in [0.1, 0.15) is 28.3 Å².